The maximum Gasteiger partial charge on any atom is 0.263 e. The minimum Gasteiger partial charge on any atom is -0.346 e. The highest BCUT2D eigenvalue weighted by atomic mass is 19.3. The Labute approximate surface area is 80.4 Å². The van der Waals surface area contributed by atoms with Gasteiger partial charge in [-0.1, -0.05) is 24.3 Å². The van der Waals surface area contributed by atoms with Crippen molar-refractivity contribution >= 4 is 0 Å². The molecule has 1 aromatic rings. The van der Waals surface area contributed by atoms with Gasteiger partial charge in [-0.3, -0.25) is 0 Å². The molecule has 0 saturated carbocycles. The Hall–Kier alpha value is -1.00. The zero-order valence-electron chi connectivity index (χ0n) is 7.45. The van der Waals surface area contributed by atoms with E-state index in [0.29, 0.717) is 13.2 Å². The van der Waals surface area contributed by atoms with Crippen molar-refractivity contribution in [2.24, 2.45) is 0 Å². The van der Waals surface area contributed by atoms with Crippen LogP contribution in [0.4, 0.5) is 8.78 Å². The van der Waals surface area contributed by atoms with Crippen LogP contribution in [0.2, 0.25) is 0 Å². The molecular formula is C10H10F2O2. The fraction of sp³-hybridized carbons (Fsp3) is 0.400. The Morgan fingerprint density at radius 1 is 1.07 bits per heavy atom. The Morgan fingerprint density at radius 3 is 2.14 bits per heavy atom. The van der Waals surface area contributed by atoms with Crippen molar-refractivity contribution in [3.05, 3.63) is 35.4 Å². The first-order valence-electron chi connectivity index (χ1n) is 4.38. The van der Waals surface area contributed by atoms with E-state index in [4.69, 9.17) is 9.47 Å². The third kappa shape index (κ3) is 1.91. The molecule has 0 spiro atoms. The maximum absolute atomic E-state index is 12.2. The van der Waals surface area contributed by atoms with E-state index in [1.165, 1.54) is 12.1 Å². The van der Waals surface area contributed by atoms with Gasteiger partial charge in [-0.2, -0.15) is 0 Å². The zero-order valence-corrected chi connectivity index (χ0v) is 7.45. The molecule has 0 atom stereocenters. The predicted molar refractivity (Wildman–Crippen MR) is 46.0 cm³/mol. The molecule has 1 aliphatic heterocycles. The first-order valence-corrected chi connectivity index (χ1v) is 4.38. The van der Waals surface area contributed by atoms with Crippen LogP contribution in [0.5, 0.6) is 0 Å². The molecule has 76 valence electrons. The summed E-state index contributed by atoms with van der Waals surface area (Å²) in [4.78, 5) is 0. The lowest BCUT2D eigenvalue weighted by molar-refractivity contribution is -0.0441. The zero-order chi connectivity index (χ0) is 9.97. The Balaban J connectivity index is 2.12. The van der Waals surface area contributed by atoms with Crippen molar-refractivity contribution in [1.29, 1.82) is 0 Å². The van der Waals surface area contributed by atoms with Gasteiger partial charge >= 0.3 is 0 Å². The molecule has 2 rings (SSSR count). The van der Waals surface area contributed by atoms with Gasteiger partial charge in [-0.05, 0) is 0 Å². The minimum atomic E-state index is -2.42. The lowest BCUT2D eigenvalue weighted by Crippen LogP contribution is -1.97. The van der Waals surface area contributed by atoms with Crippen LogP contribution in [-0.4, -0.2) is 13.2 Å². The van der Waals surface area contributed by atoms with E-state index in [-0.39, 0.29) is 11.9 Å². The molecule has 0 bridgehead atoms. The number of hydrogen-bond acceptors (Lipinski definition) is 2. The first kappa shape index (κ1) is 9.55. The highest BCUT2D eigenvalue weighted by molar-refractivity contribution is 5.24. The standard InChI is InChI=1S/C10H10F2O2/c11-9(12)7-1-3-8(4-2-7)10-13-5-6-14-10/h1-4,9-10H,5-6H2. The van der Waals surface area contributed by atoms with E-state index in [1.807, 2.05) is 0 Å². The molecule has 0 unspecified atom stereocenters. The average Bonchev–Trinajstić information content (AvgIpc) is 2.71. The van der Waals surface area contributed by atoms with Gasteiger partial charge in [0.25, 0.3) is 6.43 Å². The van der Waals surface area contributed by atoms with E-state index in [0.717, 1.165) is 5.56 Å². The monoisotopic (exact) mass is 200 g/mol. The van der Waals surface area contributed by atoms with Crippen LogP contribution in [0.1, 0.15) is 23.8 Å². The summed E-state index contributed by atoms with van der Waals surface area (Å²) in [5.74, 6) is 0. The summed E-state index contributed by atoms with van der Waals surface area (Å²) in [7, 11) is 0. The average molecular weight is 200 g/mol. The summed E-state index contributed by atoms with van der Waals surface area (Å²) >= 11 is 0. The van der Waals surface area contributed by atoms with E-state index in [2.05, 4.69) is 0 Å². The van der Waals surface area contributed by atoms with E-state index >= 15 is 0 Å². The van der Waals surface area contributed by atoms with Crippen LogP contribution in [0.15, 0.2) is 24.3 Å². The fourth-order valence-electron chi connectivity index (χ4n) is 1.35. The number of alkyl halides is 2. The third-order valence-electron chi connectivity index (χ3n) is 2.08. The van der Waals surface area contributed by atoms with Crippen LogP contribution in [0.3, 0.4) is 0 Å². The number of benzene rings is 1. The largest absolute Gasteiger partial charge is 0.346 e. The van der Waals surface area contributed by atoms with Gasteiger partial charge in [0.1, 0.15) is 0 Å². The number of halogens is 2. The van der Waals surface area contributed by atoms with Crippen LogP contribution in [0.25, 0.3) is 0 Å². The summed E-state index contributed by atoms with van der Waals surface area (Å²) in [6.45, 7) is 1.11. The number of rotatable bonds is 2. The molecule has 1 aliphatic rings. The van der Waals surface area contributed by atoms with E-state index in [1.54, 1.807) is 12.1 Å². The number of ether oxygens (including phenoxy) is 2. The van der Waals surface area contributed by atoms with Crippen LogP contribution >= 0.6 is 0 Å². The van der Waals surface area contributed by atoms with Gasteiger partial charge in [-0.15, -0.1) is 0 Å². The molecule has 1 heterocycles. The van der Waals surface area contributed by atoms with E-state index in [9.17, 15) is 8.78 Å². The lowest BCUT2D eigenvalue weighted by Gasteiger charge is -2.09. The second kappa shape index (κ2) is 4.02. The summed E-state index contributed by atoms with van der Waals surface area (Å²) in [5, 5.41) is 0. The maximum atomic E-state index is 12.2. The molecular weight excluding hydrogens is 190 g/mol. The van der Waals surface area contributed by atoms with Gasteiger partial charge in [0, 0.05) is 11.1 Å². The first-order chi connectivity index (χ1) is 6.77. The molecule has 0 N–H and O–H groups in total. The van der Waals surface area contributed by atoms with Crippen molar-refractivity contribution in [3.63, 3.8) is 0 Å². The molecule has 1 fully saturated rings. The molecule has 0 amide bonds. The molecule has 1 saturated heterocycles. The highest BCUT2D eigenvalue weighted by Gasteiger charge is 2.18. The molecule has 4 heteroatoms. The van der Waals surface area contributed by atoms with Crippen molar-refractivity contribution in [2.75, 3.05) is 13.2 Å². The second-order valence-electron chi connectivity index (χ2n) is 3.04. The smallest absolute Gasteiger partial charge is 0.263 e. The molecule has 0 aliphatic carbocycles. The van der Waals surface area contributed by atoms with Gasteiger partial charge in [0.2, 0.25) is 0 Å². The Bertz CT molecular complexity index is 291. The van der Waals surface area contributed by atoms with Crippen LogP contribution in [0, 0.1) is 0 Å². The predicted octanol–water partition coefficient (Wildman–Crippen LogP) is 2.67. The third-order valence-corrected chi connectivity index (χ3v) is 2.08. The summed E-state index contributed by atoms with van der Waals surface area (Å²) < 4.78 is 34.9. The van der Waals surface area contributed by atoms with Gasteiger partial charge in [-0.25, -0.2) is 8.78 Å². The summed E-state index contributed by atoms with van der Waals surface area (Å²) in [6, 6.07) is 6.00. The molecule has 2 nitrogen and oxygen atoms in total. The minimum absolute atomic E-state index is 0.0201. The summed E-state index contributed by atoms with van der Waals surface area (Å²) in [5.41, 5.74) is 0.804. The second-order valence-corrected chi connectivity index (χ2v) is 3.04. The molecule has 14 heavy (non-hydrogen) atoms. The summed E-state index contributed by atoms with van der Waals surface area (Å²) in [6.07, 6.45) is -2.81. The Morgan fingerprint density at radius 2 is 1.64 bits per heavy atom. The fourth-order valence-corrected chi connectivity index (χ4v) is 1.35. The normalized spacial score (nSPS) is 17.9. The van der Waals surface area contributed by atoms with Crippen molar-refractivity contribution in [2.45, 2.75) is 12.7 Å². The molecule has 0 radical (unpaired) electrons. The topological polar surface area (TPSA) is 18.5 Å². The lowest BCUT2D eigenvalue weighted by atomic mass is 10.1. The van der Waals surface area contributed by atoms with Crippen LogP contribution < -0.4 is 0 Å². The van der Waals surface area contributed by atoms with Crippen molar-refractivity contribution in [3.8, 4) is 0 Å². The van der Waals surface area contributed by atoms with Gasteiger partial charge < -0.3 is 9.47 Å². The van der Waals surface area contributed by atoms with Crippen molar-refractivity contribution < 1.29 is 18.3 Å². The molecule has 1 aromatic carbocycles. The van der Waals surface area contributed by atoms with Crippen LogP contribution in [-0.2, 0) is 9.47 Å². The highest BCUT2D eigenvalue weighted by Crippen LogP contribution is 2.25. The Kier molecular flexibility index (Phi) is 2.74. The molecule has 0 aromatic heterocycles. The van der Waals surface area contributed by atoms with E-state index < -0.39 is 6.43 Å². The van der Waals surface area contributed by atoms with Gasteiger partial charge in [0.15, 0.2) is 6.29 Å². The SMILES string of the molecule is FC(F)c1ccc(C2OCCO2)cc1. The number of hydrogen-bond donors (Lipinski definition) is 0. The van der Waals surface area contributed by atoms with Crippen molar-refractivity contribution in [1.82, 2.24) is 0 Å². The van der Waals surface area contributed by atoms with Gasteiger partial charge in [0.05, 0.1) is 13.2 Å². The quantitative estimate of drug-likeness (QED) is 0.730.